The number of H-pyrrole nitrogens is 1. The van der Waals surface area contributed by atoms with Gasteiger partial charge in [0.05, 0.1) is 11.2 Å². The maximum absolute atomic E-state index is 11.7. The van der Waals surface area contributed by atoms with Crippen LogP contribution in [0.4, 0.5) is 0 Å². The highest BCUT2D eigenvalue weighted by Crippen LogP contribution is 2.16. The fraction of sp³-hybridized carbons (Fsp3) is 0.316. The molecule has 0 atom stereocenters. The van der Waals surface area contributed by atoms with Crippen LogP contribution in [0.3, 0.4) is 0 Å². The lowest BCUT2D eigenvalue weighted by Gasteiger charge is -2.12. The van der Waals surface area contributed by atoms with Gasteiger partial charge in [0, 0.05) is 32.8 Å². The summed E-state index contributed by atoms with van der Waals surface area (Å²) in [5.74, 6) is 2.53. The van der Waals surface area contributed by atoms with Gasteiger partial charge in [-0.05, 0) is 36.2 Å². The van der Waals surface area contributed by atoms with Gasteiger partial charge in [0.25, 0.3) is 0 Å². The van der Waals surface area contributed by atoms with E-state index in [0.29, 0.717) is 42.0 Å². The van der Waals surface area contributed by atoms with E-state index in [1.807, 2.05) is 6.07 Å². The van der Waals surface area contributed by atoms with Crippen molar-refractivity contribution in [3.63, 3.8) is 0 Å². The molecule has 0 spiro atoms. The molecular formula is C19H24N6O3S. The van der Waals surface area contributed by atoms with Gasteiger partial charge in [0.2, 0.25) is 5.82 Å². The lowest BCUT2D eigenvalue weighted by Crippen LogP contribution is -2.38. The Hall–Kier alpha value is -3.14. The molecule has 0 aliphatic rings. The Morgan fingerprint density at radius 2 is 2.10 bits per heavy atom. The van der Waals surface area contributed by atoms with Crippen molar-refractivity contribution in [1.29, 1.82) is 0 Å². The molecule has 3 aromatic rings. The molecule has 0 saturated heterocycles. The summed E-state index contributed by atoms with van der Waals surface area (Å²) >= 11 is 0. The number of aliphatic imine (C=N–C) groups is 1. The van der Waals surface area contributed by atoms with Crippen molar-refractivity contribution in [2.45, 2.75) is 24.8 Å². The van der Waals surface area contributed by atoms with Crippen LogP contribution in [0.5, 0.6) is 0 Å². The number of aryl methyl sites for hydroxylation is 1. The first-order valence-corrected chi connectivity index (χ1v) is 10.9. The molecule has 0 aliphatic heterocycles. The monoisotopic (exact) mass is 416 g/mol. The Kier molecular flexibility index (Phi) is 6.32. The Balaban J connectivity index is 1.49. The number of guanidine groups is 1. The quantitative estimate of drug-likeness (QED) is 0.395. The van der Waals surface area contributed by atoms with Gasteiger partial charge in [-0.15, -0.1) is 0 Å². The van der Waals surface area contributed by atoms with Crippen molar-refractivity contribution in [2.24, 2.45) is 4.99 Å². The van der Waals surface area contributed by atoms with E-state index in [1.165, 1.54) is 6.26 Å². The molecule has 0 fully saturated rings. The highest BCUT2D eigenvalue weighted by molar-refractivity contribution is 7.90. The third-order valence-corrected chi connectivity index (χ3v) is 5.51. The van der Waals surface area contributed by atoms with Gasteiger partial charge in [0.15, 0.2) is 21.6 Å². The summed E-state index contributed by atoms with van der Waals surface area (Å²) in [6.07, 6.45) is 3.43. The smallest absolute Gasteiger partial charge is 0.216 e. The summed E-state index contributed by atoms with van der Waals surface area (Å²) in [5.41, 5.74) is 1.70. The number of furan rings is 1. The van der Waals surface area contributed by atoms with Crippen molar-refractivity contribution in [1.82, 2.24) is 25.8 Å². The lowest BCUT2D eigenvalue weighted by atomic mass is 10.1. The van der Waals surface area contributed by atoms with Crippen LogP contribution in [-0.2, 0) is 22.8 Å². The zero-order valence-corrected chi connectivity index (χ0v) is 17.4. The molecule has 0 aliphatic carbocycles. The van der Waals surface area contributed by atoms with Crippen molar-refractivity contribution in [3.05, 3.63) is 53.5 Å². The average Bonchev–Trinajstić information content (AvgIpc) is 3.35. The van der Waals surface area contributed by atoms with Crippen LogP contribution in [0.15, 0.2) is 50.9 Å². The molecule has 154 valence electrons. The number of nitrogens with one attached hydrogen (secondary N) is 3. The molecule has 3 N–H and O–H groups in total. The number of rotatable bonds is 7. The van der Waals surface area contributed by atoms with Gasteiger partial charge in [-0.2, -0.15) is 5.10 Å². The molecule has 0 bridgehead atoms. The van der Waals surface area contributed by atoms with E-state index in [4.69, 9.17) is 4.42 Å². The fourth-order valence-corrected chi connectivity index (χ4v) is 3.83. The first-order chi connectivity index (χ1) is 13.9. The number of hydrogen-bond donors (Lipinski definition) is 3. The maximum Gasteiger partial charge on any atom is 0.216 e. The van der Waals surface area contributed by atoms with Crippen LogP contribution in [0.2, 0.25) is 0 Å². The third kappa shape index (κ3) is 5.44. The first-order valence-electron chi connectivity index (χ1n) is 9.06. The fourth-order valence-electron chi connectivity index (χ4n) is 2.87. The first kappa shape index (κ1) is 20.6. The largest absolute Gasteiger partial charge is 0.461 e. The summed E-state index contributed by atoms with van der Waals surface area (Å²) in [7, 11) is -1.52. The van der Waals surface area contributed by atoms with Crippen LogP contribution in [-0.4, -0.2) is 49.4 Å². The van der Waals surface area contributed by atoms with E-state index >= 15 is 0 Å². The van der Waals surface area contributed by atoms with Gasteiger partial charge < -0.3 is 15.1 Å². The molecule has 0 unspecified atom stereocenters. The van der Waals surface area contributed by atoms with Crippen molar-refractivity contribution in [2.75, 3.05) is 19.8 Å². The normalized spacial score (nSPS) is 12.2. The minimum Gasteiger partial charge on any atom is -0.461 e. The van der Waals surface area contributed by atoms with Crippen LogP contribution >= 0.6 is 0 Å². The Morgan fingerprint density at radius 3 is 2.76 bits per heavy atom. The molecule has 1 aromatic carbocycles. The van der Waals surface area contributed by atoms with Crippen molar-refractivity contribution in [3.8, 4) is 11.6 Å². The second-order valence-corrected chi connectivity index (χ2v) is 8.54. The van der Waals surface area contributed by atoms with Gasteiger partial charge in [-0.3, -0.25) is 10.1 Å². The minimum absolute atomic E-state index is 0.352. The predicted octanol–water partition coefficient (Wildman–Crippen LogP) is 1.68. The zero-order valence-electron chi connectivity index (χ0n) is 16.6. The van der Waals surface area contributed by atoms with Crippen molar-refractivity contribution >= 4 is 15.8 Å². The predicted molar refractivity (Wildman–Crippen MR) is 110 cm³/mol. The number of aromatic amines is 1. The molecule has 0 saturated carbocycles. The van der Waals surface area contributed by atoms with Crippen LogP contribution in [0, 0.1) is 6.92 Å². The Labute approximate surface area is 169 Å². The summed E-state index contributed by atoms with van der Waals surface area (Å²) < 4.78 is 28.7. The van der Waals surface area contributed by atoms with E-state index in [9.17, 15) is 8.42 Å². The molecule has 0 amide bonds. The van der Waals surface area contributed by atoms with Gasteiger partial charge in [0.1, 0.15) is 5.82 Å². The SMILES string of the molecule is CN=C(NCCc1nc(-c2ccco2)n[nH]1)NCc1ccc(S(C)(=O)=O)c(C)c1. The zero-order chi connectivity index (χ0) is 20.9. The molecule has 3 rings (SSSR count). The number of nitrogens with zero attached hydrogens (tertiary/aromatic N) is 3. The second kappa shape index (κ2) is 8.91. The lowest BCUT2D eigenvalue weighted by molar-refractivity contribution is 0.577. The highest BCUT2D eigenvalue weighted by atomic mass is 32.2. The Morgan fingerprint density at radius 1 is 1.28 bits per heavy atom. The molecule has 2 aromatic heterocycles. The summed E-state index contributed by atoms with van der Waals surface area (Å²) in [6, 6.07) is 8.90. The second-order valence-electron chi connectivity index (χ2n) is 6.56. The highest BCUT2D eigenvalue weighted by Gasteiger charge is 2.11. The molecule has 29 heavy (non-hydrogen) atoms. The van der Waals surface area contributed by atoms with Gasteiger partial charge in [-0.1, -0.05) is 12.1 Å². The number of aromatic nitrogens is 3. The Bertz CT molecular complexity index is 1090. The van der Waals surface area contributed by atoms with E-state index in [2.05, 4.69) is 30.8 Å². The van der Waals surface area contributed by atoms with E-state index in [0.717, 1.165) is 17.0 Å². The number of hydrogen-bond acceptors (Lipinski definition) is 6. The molecular weight excluding hydrogens is 392 g/mol. The van der Waals surface area contributed by atoms with E-state index in [1.54, 1.807) is 44.5 Å². The van der Waals surface area contributed by atoms with Crippen LogP contribution in [0.25, 0.3) is 11.6 Å². The summed E-state index contributed by atoms with van der Waals surface area (Å²) in [6.45, 7) is 2.93. The van der Waals surface area contributed by atoms with Gasteiger partial charge in [-0.25, -0.2) is 13.4 Å². The molecule has 0 radical (unpaired) electrons. The van der Waals surface area contributed by atoms with E-state index < -0.39 is 9.84 Å². The van der Waals surface area contributed by atoms with Crippen molar-refractivity contribution < 1.29 is 12.8 Å². The van der Waals surface area contributed by atoms with Crippen LogP contribution < -0.4 is 10.6 Å². The third-order valence-electron chi connectivity index (χ3n) is 4.25. The standard InChI is InChI=1S/C19H24N6O3S/c1-13-11-14(6-7-16(13)29(3,26)27)12-22-19(20-2)21-9-8-17-23-18(25-24-17)15-5-4-10-28-15/h4-7,10-11H,8-9,12H2,1-3H3,(H2,20,21,22)(H,23,24,25). The van der Waals surface area contributed by atoms with E-state index in [-0.39, 0.29) is 0 Å². The van der Waals surface area contributed by atoms with Gasteiger partial charge >= 0.3 is 0 Å². The molecule has 2 heterocycles. The average molecular weight is 417 g/mol. The maximum atomic E-state index is 11.7. The molecule has 10 heteroatoms. The summed E-state index contributed by atoms with van der Waals surface area (Å²) in [5, 5.41) is 13.5. The number of benzene rings is 1. The minimum atomic E-state index is -3.21. The molecule has 9 nitrogen and oxygen atoms in total. The number of sulfone groups is 1. The van der Waals surface area contributed by atoms with Crippen LogP contribution in [0.1, 0.15) is 17.0 Å². The summed E-state index contributed by atoms with van der Waals surface area (Å²) in [4.78, 5) is 8.95. The topological polar surface area (TPSA) is 125 Å².